The van der Waals surface area contributed by atoms with Crippen LogP contribution in [-0.4, -0.2) is 36.0 Å². The first-order valence-electron chi connectivity index (χ1n) is 10.1. The molecule has 2 fully saturated rings. The van der Waals surface area contributed by atoms with Crippen LogP contribution in [0.3, 0.4) is 0 Å². The van der Waals surface area contributed by atoms with Gasteiger partial charge in [0, 0.05) is 24.6 Å². The fourth-order valence-electron chi connectivity index (χ4n) is 4.48. The Labute approximate surface area is 179 Å². The van der Waals surface area contributed by atoms with Gasteiger partial charge in [-0.1, -0.05) is 12.1 Å². The zero-order valence-corrected chi connectivity index (χ0v) is 17.7. The molecule has 1 aliphatic carbocycles. The van der Waals surface area contributed by atoms with Gasteiger partial charge in [0.2, 0.25) is 21.8 Å². The highest BCUT2D eigenvalue weighted by Gasteiger charge is 2.59. The van der Waals surface area contributed by atoms with E-state index in [1.807, 2.05) is 0 Å². The quantitative estimate of drug-likeness (QED) is 0.599. The minimum atomic E-state index is -3.88. The Hall–Kier alpha value is -2.65. The molecule has 0 unspecified atom stereocenters. The number of hydrogen-bond acceptors (Lipinski definition) is 5. The molecule has 1 spiro atoms. The summed E-state index contributed by atoms with van der Waals surface area (Å²) in [6.45, 7) is 2.37. The van der Waals surface area contributed by atoms with Gasteiger partial charge in [-0.15, -0.1) is 10.2 Å². The molecule has 2 aromatic carbocycles. The molecule has 31 heavy (non-hydrogen) atoms. The third-order valence-electron chi connectivity index (χ3n) is 6.42. The Morgan fingerprint density at radius 2 is 1.87 bits per heavy atom. The summed E-state index contributed by atoms with van der Waals surface area (Å²) in [7, 11) is -3.88. The van der Waals surface area contributed by atoms with Gasteiger partial charge < -0.3 is 4.42 Å². The number of halogens is 2. The number of aryl methyl sites for hydroxylation is 1. The Bertz CT molecular complexity index is 1250. The summed E-state index contributed by atoms with van der Waals surface area (Å²) in [5.74, 6) is -0.278. The van der Waals surface area contributed by atoms with Crippen molar-refractivity contribution >= 4 is 10.0 Å². The van der Waals surface area contributed by atoms with Gasteiger partial charge in [-0.2, -0.15) is 4.31 Å². The summed E-state index contributed by atoms with van der Waals surface area (Å²) < 4.78 is 60.7. The lowest BCUT2D eigenvalue weighted by molar-refractivity contribution is 0.245. The van der Waals surface area contributed by atoms with Crippen molar-refractivity contribution in [3.63, 3.8) is 0 Å². The lowest BCUT2D eigenvalue weighted by Gasteiger charge is -2.32. The first-order valence-corrected chi connectivity index (χ1v) is 11.6. The van der Waals surface area contributed by atoms with Crippen LogP contribution >= 0.6 is 0 Å². The lowest BCUT2D eigenvalue weighted by atomic mass is 9.92. The minimum absolute atomic E-state index is 0.0582. The minimum Gasteiger partial charge on any atom is -0.420 e. The fourth-order valence-corrected chi connectivity index (χ4v) is 6.07. The SMILES string of the molecule is Cc1ccc(F)c(S(=O)(=O)N2CCC3(CC2)C[C@@H]3c2nnc(-c3cccc(F)c3)o2)c1. The molecule has 0 amide bonds. The topological polar surface area (TPSA) is 76.3 Å². The Morgan fingerprint density at radius 3 is 2.61 bits per heavy atom. The van der Waals surface area contributed by atoms with Crippen LogP contribution in [0.1, 0.15) is 36.6 Å². The third kappa shape index (κ3) is 3.55. The molecule has 5 rings (SSSR count). The van der Waals surface area contributed by atoms with Gasteiger partial charge in [-0.3, -0.25) is 0 Å². The van der Waals surface area contributed by atoms with Gasteiger partial charge in [-0.05, 0) is 67.5 Å². The van der Waals surface area contributed by atoms with E-state index < -0.39 is 15.8 Å². The highest BCUT2D eigenvalue weighted by Crippen LogP contribution is 2.64. The summed E-state index contributed by atoms with van der Waals surface area (Å²) >= 11 is 0. The maximum Gasteiger partial charge on any atom is 0.247 e. The molecule has 2 heterocycles. The Kier molecular flexibility index (Phi) is 4.71. The summed E-state index contributed by atoms with van der Waals surface area (Å²) in [5.41, 5.74) is 1.14. The molecule has 0 N–H and O–H groups in total. The first kappa shape index (κ1) is 20.3. The second-order valence-corrected chi connectivity index (χ2v) is 10.3. The van der Waals surface area contributed by atoms with Crippen LogP contribution < -0.4 is 0 Å². The summed E-state index contributed by atoms with van der Waals surface area (Å²) in [6.07, 6.45) is 2.12. The van der Waals surface area contributed by atoms with Crippen molar-refractivity contribution < 1.29 is 21.6 Å². The van der Waals surface area contributed by atoms with Gasteiger partial charge in [0.25, 0.3) is 0 Å². The molecule has 2 aliphatic rings. The van der Waals surface area contributed by atoms with E-state index in [1.54, 1.807) is 25.1 Å². The van der Waals surface area contributed by atoms with Crippen molar-refractivity contribution in [1.82, 2.24) is 14.5 Å². The molecule has 3 aromatic rings. The second-order valence-electron chi connectivity index (χ2n) is 8.41. The number of piperidine rings is 1. The predicted molar refractivity (Wildman–Crippen MR) is 109 cm³/mol. The van der Waals surface area contributed by atoms with Crippen molar-refractivity contribution in [1.29, 1.82) is 0 Å². The van der Waals surface area contributed by atoms with E-state index in [0.29, 0.717) is 42.9 Å². The van der Waals surface area contributed by atoms with Crippen molar-refractivity contribution in [2.45, 2.75) is 37.0 Å². The van der Waals surface area contributed by atoms with Crippen LogP contribution in [0.4, 0.5) is 8.78 Å². The van der Waals surface area contributed by atoms with Crippen LogP contribution in [-0.2, 0) is 10.0 Å². The number of benzene rings is 2. The summed E-state index contributed by atoms with van der Waals surface area (Å²) in [4.78, 5) is -0.271. The number of nitrogens with zero attached hydrogens (tertiary/aromatic N) is 3. The fraction of sp³-hybridized carbons (Fsp3) is 0.364. The van der Waals surface area contributed by atoms with Gasteiger partial charge in [0.15, 0.2) is 0 Å². The molecule has 1 saturated heterocycles. The Morgan fingerprint density at radius 1 is 1.10 bits per heavy atom. The van der Waals surface area contributed by atoms with Crippen LogP contribution in [0.15, 0.2) is 51.8 Å². The van der Waals surface area contributed by atoms with Crippen LogP contribution in [0.25, 0.3) is 11.5 Å². The van der Waals surface area contributed by atoms with E-state index in [0.717, 1.165) is 6.42 Å². The summed E-state index contributed by atoms with van der Waals surface area (Å²) in [6, 6.07) is 10.1. The second kappa shape index (κ2) is 7.20. The molecule has 1 atom stereocenters. The van der Waals surface area contributed by atoms with E-state index >= 15 is 0 Å². The van der Waals surface area contributed by atoms with Gasteiger partial charge >= 0.3 is 0 Å². The van der Waals surface area contributed by atoms with Crippen LogP contribution in [0, 0.1) is 24.0 Å². The Balaban J connectivity index is 1.29. The maximum atomic E-state index is 14.2. The normalized spacial score (nSPS) is 20.8. The largest absolute Gasteiger partial charge is 0.420 e. The number of hydrogen-bond donors (Lipinski definition) is 0. The van der Waals surface area contributed by atoms with E-state index in [1.165, 1.54) is 28.6 Å². The van der Waals surface area contributed by atoms with Gasteiger partial charge in [0.1, 0.15) is 16.5 Å². The highest BCUT2D eigenvalue weighted by molar-refractivity contribution is 7.89. The number of sulfonamides is 1. The average Bonchev–Trinajstić information content (AvgIpc) is 3.21. The molecule has 1 aliphatic heterocycles. The van der Waals surface area contributed by atoms with Crippen molar-refractivity contribution in [3.8, 4) is 11.5 Å². The molecule has 6 nitrogen and oxygen atoms in total. The molecular weight excluding hydrogens is 424 g/mol. The van der Waals surface area contributed by atoms with Crippen LogP contribution in [0.2, 0.25) is 0 Å². The molecular formula is C22H21F2N3O3S. The molecule has 0 bridgehead atoms. The molecule has 1 saturated carbocycles. The predicted octanol–water partition coefficient (Wildman–Crippen LogP) is 4.28. The molecule has 162 valence electrons. The van der Waals surface area contributed by atoms with Gasteiger partial charge in [0.05, 0.1) is 0 Å². The van der Waals surface area contributed by atoms with E-state index in [9.17, 15) is 17.2 Å². The number of aromatic nitrogens is 2. The van der Waals surface area contributed by atoms with E-state index in [4.69, 9.17) is 4.42 Å². The van der Waals surface area contributed by atoms with Gasteiger partial charge in [-0.25, -0.2) is 17.2 Å². The monoisotopic (exact) mass is 445 g/mol. The van der Waals surface area contributed by atoms with Crippen molar-refractivity contribution in [2.75, 3.05) is 13.1 Å². The standard InChI is InChI=1S/C22H21F2N3O3S/c1-14-5-6-18(24)19(11-14)31(28,29)27-9-7-22(8-10-27)13-17(22)21-26-25-20(30-21)15-3-2-4-16(23)12-15/h2-6,11-12,17H,7-10,13H2,1H3/t17-/m1/s1. The highest BCUT2D eigenvalue weighted by atomic mass is 32.2. The first-order chi connectivity index (χ1) is 14.8. The van der Waals surface area contributed by atoms with E-state index in [-0.39, 0.29) is 27.9 Å². The van der Waals surface area contributed by atoms with Crippen LogP contribution in [0.5, 0.6) is 0 Å². The van der Waals surface area contributed by atoms with Crippen molar-refractivity contribution in [3.05, 3.63) is 65.6 Å². The smallest absolute Gasteiger partial charge is 0.247 e. The zero-order chi connectivity index (χ0) is 21.8. The molecule has 1 aromatic heterocycles. The van der Waals surface area contributed by atoms with Crippen molar-refractivity contribution in [2.24, 2.45) is 5.41 Å². The lowest BCUT2D eigenvalue weighted by Crippen LogP contribution is -2.39. The molecule has 0 radical (unpaired) electrons. The number of rotatable bonds is 4. The third-order valence-corrected chi connectivity index (χ3v) is 8.34. The maximum absolute atomic E-state index is 14.2. The summed E-state index contributed by atoms with van der Waals surface area (Å²) in [5, 5.41) is 8.20. The average molecular weight is 445 g/mol. The van der Waals surface area contributed by atoms with E-state index in [2.05, 4.69) is 10.2 Å². The molecule has 9 heteroatoms. The zero-order valence-electron chi connectivity index (χ0n) is 16.9.